The first-order valence-corrected chi connectivity index (χ1v) is 16.4. The number of aliphatic imine (C=N–C) groups is 1. The van der Waals surface area contributed by atoms with Gasteiger partial charge in [0, 0.05) is 85.0 Å². The maximum Gasteiger partial charge on any atom is 0.231 e. The van der Waals surface area contributed by atoms with Crippen molar-refractivity contribution < 1.29 is 9.47 Å². The number of allylic oxidation sites excluding steroid dienone is 1. The SMILES string of the molecule is CN=CC(=CN)c1cc(Nc2nc(Nc3ccc4nccnc4c3P(C)C)c3cc[nH]c3n2)c(OC)cc1N1CCOCC1. The Hall–Kier alpha value is -4.80. The Kier molecular flexibility index (Phi) is 8.53. The highest BCUT2D eigenvalue weighted by atomic mass is 31.1. The molecule has 12 nitrogen and oxygen atoms in total. The molecule has 0 saturated carbocycles. The number of nitrogens with two attached hydrogens (primary N) is 1. The number of morpholine rings is 1. The molecule has 4 heterocycles. The van der Waals surface area contributed by atoms with Crippen molar-refractivity contribution in [3.8, 4) is 5.75 Å². The Morgan fingerprint density at radius 2 is 1.91 bits per heavy atom. The van der Waals surface area contributed by atoms with E-state index < -0.39 is 7.92 Å². The Morgan fingerprint density at radius 3 is 2.66 bits per heavy atom. The average Bonchev–Trinajstić information content (AvgIpc) is 3.53. The van der Waals surface area contributed by atoms with Gasteiger partial charge in [-0.15, -0.1) is 0 Å². The van der Waals surface area contributed by atoms with E-state index in [1.54, 1.807) is 39.0 Å². The molecule has 0 atom stereocenters. The van der Waals surface area contributed by atoms with Crippen LogP contribution in [0.4, 0.5) is 28.8 Å². The van der Waals surface area contributed by atoms with Crippen LogP contribution in [-0.4, -0.2) is 84.9 Å². The summed E-state index contributed by atoms with van der Waals surface area (Å²) >= 11 is 0. The summed E-state index contributed by atoms with van der Waals surface area (Å²) in [6.45, 7) is 7.22. The molecule has 2 aromatic carbocycles. The van der Waals surface area contributed by atoms with Gasteiger partial charge in [-0.2, -0.15) is 9.97 Å². The number of fused-ring (bicyclic) bond motifs is 2. The molecule has 44 heavy (non-hydrogen) atoms. The molecule has 13 heteroatoms. The number of aromatic amines is 1. The largest absolute Gasteiger partial charge is 0.494 e. The second kappa shape index (κ2) is 12.8. The molecule has 0 aliphatic carbocycles. The van der Waals surface area contributed by atoms with Crippen molar-refractivity contribution in [1.29, 1.82) is 0 Å². The molecule has 1 saturated heterocycles. The molecule has 5 aromatic rings. The van der Waals surface area contributed by atoms with Crippen LogP contribution in [-0.2, 0) is 4.74 Å². The summed E-state index contributed by atoms with van der Waals surface area (Å²) in [6.07, 6.45) is 8.61. The summed E-state index contributed by atoms with van der Waals surface area (Å²) in [6, 6.07) is 9.99. The van der Waals surface area contributed by atoms with Crippen molar-refractivity contribution in [2.75, 3.05) is 69.3 Å². The molecule has 1 fully saturated rings. The van der Waals surface area contributed by atoms with Crippen LogP contribution in [0.2, 0.25) is 0 Å². The Bertz CT molecular complexity index is 1860. The van der Waals surface area contributed by atoms with Crippen molar-refractivity contribution in [2.45, 2.75) is 0 Å². The normalized spacial score (nSPS) is 14.2. The fourth-order valence-electron chi connectivity index (χ4n) is 5.39. The molecule has 0 spiro atoms. The van der Waals surface area contributed by atoms with Gasteiger partial charge in [-0.25, -0.2) is 0 Å². The molecule has 1 aliphatic heterocycles. The van der Waals surface area contributed by atoms with E-state index in [2.05, 4.69) is 48.8 Å². The average molecular weight is 611 g/mol. The highest BCUT2D eigenvalue weighted by Crippen LogP contribution is 2.39. The number of benzene rings is 2. The first kappa shape index (κ1) is 29.3. The number of aromatic nitrogens is 5. The Morgan fingerprint density at radius 1 is 1.09 bits per heavy atom. The molecule has 0 bridgehead atoms. The number of hydrogen-bond acceptors (Lipinski definition) is 11. The third-order valence-electron chi connectivity index (χ3n) is 7.40. The van der Waals surface area contributed by atoms with Gasteiger partial charge in [-0.3, -0.25) is 15.0 Å². The van der Waals surface area contributed by atoms with Gasteiger partial charge in [0.05, 0.1) is 42.4 Å². The van der Waals surface area contributed by atoms with Crippen LogP contribution < -0.4 is 31.3 Å². The predicted octanol–water partition coefficient (Wildman–Crippen LogP) is 4.60. The Balaban J connectivity index is 1.43. The highest BCUT2D eigenvalue weighted by molar-refractivity contribution is 7.65. The molecular weight excluding hydrogens is 575 g/mol. The van der Waals surface area contributed by atoms with Crippen LogP contribution in [0.3, 0.4) is 0 Å². The summed E-state index contributed by atoms with van der Waals surface area (Å²) < 4.78 is 11.5. The van der Waals surface area contributed by atoms with E-state index in [4.69, 9.17) is 25.2 Å². The quantitative estimate of drug-likeness (QED) is 0.138. The topological polar surface area (TPSA) is 151 Å². The van der Waals surface area contributed by atoms with Crippen LogP contribution in [0, 0.1) is 0 Å². The van der Waals surface area contributed by atoms with Gasteiger partial charge in [0.1, 0.15) is 17.2 Å². The standard InChI is InChI=1S/C31H35N10O2P/c1-33-18-19(17-32)21-15-24(26(42-2)16-25(21)41-11-13-43-14-12-41)38-31-39-29-20(7-8-36-29)30(40-31)37-23-6-5-22-27(28(23)44(3)4)35-10-9-34-22/h5-10,15-18H,11-14,32H2,1-4H3,(H3,36,37,38,39,40). The minimum absolute atomic E-state index is 0.394. The van der Waals surface area contributed by atoms with E-state index in [0.29, 0.717) is 42.1 Å². The maximum atomic E-state index is 6.08. The van der Waals surface area contributed by atoms with Crippen molar-refractivity contribution in [1.82, 2.24) is 24.9 Å². The van der Waals surface area contributed by atoms with Crippen LogP contribution in [0.25, 0.3) is 27.6 Å². The number of ether oxygens (including phenoxy) is 2. The van der Waals surface area contributed by atoms with Gasteiger partial charge in [0.15, 0.2) is 0 Å². The molecular formula is C31H35N10O2P. The molecule has 1 aliphatic rings. The van der Waals surface area contributed by atoms with Gasteiger partial charge >= 0.3 is 0 Å². The van der Waals surface area contributed by atoms with Crippen molar-refractivity contribution in [2.24, 2.45) is 10.7 Å². The zero-order valence-electron chi connectivity index (χ0n) is 25.1. The van der Waals surface area contributed by atoms with Crippen molar-refractivity contribution in [3.05, 3.63) is 60.7 Å². The number of H-pyrrole nitrogens is 1. The summed E-state index contributed by atoms with van der Waals surface area (Å²) in [5, 5.41) is 8.98. The van der Waals surface area contributed by atoms with E-state index in [-0.39, 0.29) is 0 Å². The Labute approximate surface area is 256 Å². The van der Waals surface area contributed by atoms with Gasteiger partial charge < -0.3 is 35.7 Å². The number of rotatable bonds is 9. The van der Waals surface area contributed by atoms with E-state index in [1.165, 1.54) is 0 Å². The van der Waals surface area contributed by atoms with E-state index in [0.717, 1.165) is 57.3 Å². The predicted molar refractivity (Wildman–Crippen MR) is 181 cm³/mol. The smallest absolute Gasteiger partial charge is 0.231 e. The molecule has 0 radical (unpaired) electrons. The van der Waals surface area contributed by atoms with Gasteiger partial charge in [0.25, 0.3) is 0 Å². The summed E-state index contributed by atoms with van der Waals surface area (Å²) in [4.78, 5) is 28.6. The van der Waals surface area contributed by atoms with Gasteiger partial charge in [0.2, 0.25) is 5.95 Å². The third kappa shape index (κ3) is 5.73. The second-order valence-corrected chi connectivity index (χ2v) is 12.6. The molecule has 226 valence electrons. The third-order valence-corrected chi connectivity index (χ3v) is 8.75. The monoisotopic (exact) mass is 610 g/mol. The fourth-order valence-corrected chi connectivity index (χ4v) is 6.60. The van der Waals surface area contributed by atoms with Crippen molar-refractivity contribution in [3.63, 3.8) is 0 Å². The second-order valence-electron chi connectivity index (χ2n) is 10.3. The summed E-state index contributed by atoms with van der Waals surface area (Å²) in [5.74, 6) is 1.69. The lowest BCUT2D eigenvalue weighted by molar-refractivity contribution is 0.122. The zero-order chi connectivity index (χ0) is 30.6. The maximum absolute atomic E-state index is 6.08. The van der Waals surface area contributed by atoms with E-state index >= 15 is 0 Å². The number of nitrogens with zero attached hydrogens (tertiary/aromatic N) is 6. The molecule has 3 aromatic heterocycles. The highest BCUT2D eigenvalue weighted by Gasteiger charge is 2.21. The van der Waals surface area contributed by atoms with Crippen LogP contribution in [0.5, 0.6) is 5.75 Å². The zero-order valence-corrected chi connectivity index (χ0v) is 26.0. The first-order chi connectivity index (χ1) is 21.5. The first-order valence-electron chi connectivity index (χ1n) is 14.2. The van der Waals surface area contributed by atoms with Crippen molar-refractivity contribution >= 4 is 75.9 Å². The summed E-state index contributed by atoms with van der Waals surface area (Å²) in [7, 11) is 2.87. The minimum Gasteiger partial charge on any atom is -0.494 e. The molecule has 0 amide bonds. The van der Waals surface area contributed by atoms with Gasteiger partial charge in [-0.1, -0.05) is 7.92 Å². The lowest BCUT2D eigenvalue weighted by atomic mass is 10.0. The molecule has 5 N–H and O–H groups in total. The number of hydrogen-bond donors (Lipinski definition) is 4. The lowest BCUT2D eigenvalue weighted by Gasteiger charge is -2.31. The van der Waals surface area contributed by atoms with Crippen LogP contribution in [0.15, 0.2) is 60.1 Å². The minimum atomic E-state index is -0.508. The number of nitrogens with one attached hydrogen (secondary N) is 3. The molecule has 0 unspecified atom stereocenters. The lowest BCUT2D eigenvalue weighted by Crippen LogP contribution is -2.36. The van der Waals surface area contributed by atoms with E-state index in [1.807, 2.05) is 36.5 Å². The van der Waals surface area contributed by atoms with E-state index in [9.17, 15) is 0 Å². The van der Waals surface area contributed by atoms with Gasteiger partial charge in [-0.05, 0) is 37.6 Å². The molecule has 6 rings (SSSR count). The number of methoxy groups -OCH3 is 1. The fraction of sp³-hybridized carbons (Fsp3) is 0.258. The summed E-state index contributed by atoms with van der Waals surface area (Å²) in [5.41, 5.74) is 12.8. The van der Waals surface area contributed by atoms with Crippen LogP contribution >= 0.6 is 7.92 Å². The number of anilines is 5. The van der Waals surface area contributed by atoms with Crippen LogP contribution in [0.1, 0.15) is 5.56 Å².